The van der Waals surface area contributed by atoms with Crippen LogP contribution in [0, 0.1) is 0 Å². The minimum atomic E-state index is -1.50. The standard InChI is InChI=1S/C19H19BN6O3/c1-29-12-14-5-3-7-17-16(14)10-23-26(17)19-24-18(11-22-25-19)21-9-13-4-2-6-15(8-13)20(27)28/h2-8,10-11,27-28H,9,12H2,1H3,(H,21,24,25). The molecule has 10 heteroatoms. The number of anilines is 1. The van der Waals surface area contributed by atoms with Crippen LogP contribution in [0.1, 0.15) is 11.1 Å². The Hall–Kier alpha value is -3.34. The number of hydrogen-bond acceptors (Lipinski definition) is 8. The Bertz CT molecular complexity index is 1130. The molecule has 0 saturated heterocycles. The van der Waals surface area contributed by atoms with Gasteiger partial charge in [-0.2, -0.15) is 19.9 Å². The van der Waals surface area contributed by atoms with Crippen LogP contribution in [0.4, 0.5) is 5.82 Å². The molecule has 3 N–H and O–H groups in total. The third-order valence-corrected chi connectivity index (χ3v) is 4.46. The summed E-state index contributed by atoms with van der Waals surface area (Å²) in [5.41, 5.74) is 3.21. The van der Waals surface area contributed by atoms with Gasteiger partial charge in [0.05, 0.1) is 24.5 Å². The predicted molar refractivity (Wildman–Crippen MR) is 109 cm³/mol. The number of methoxy groups -OCH3 is 1. The fraction of sp³-hybridized carbons (Fsp3) is 0.158. The second-order valence-electron chi connectivity index (χ2n) is 6.45. The molecule has 2 aromatic heterocycles. The van der Waals surface area contributed by atoms with Gasteiger partial charge in [-0.3, -0.25) is 0 Å². The average molecular weight is 390 g/mol. The van der Waals surface area contributed by atoms with E-state index in [0.717, 1.165) is 22.0 Å². The normalized spacial score (nSPS) is 11.0. The molecule has 4 aromatic rings. The molecule has 0 atom stereocenters. The second kappa shape index (κ2) is 8.35. The van der Waals surface area contributed by atoms with Crippen LogP contribution in [0.2, 0.25) is 0 Å². The van der Waals surface area contributed by atoms with E-state index >= 15 is 0 Å². The summed E-state index contributed by atoms with van der Waals surface area (Å²) in [5.74, 6) is 0.876. The molecule has 0 radical (unpaired) electrons. The molecule has 0 saturated carbocycles. The number of ether oxygens (including phenoxy) is 1. The van der Waals surface area contributed by atoms with Crippen molar-refractivity contribution >= 4 is 29.3 Å². The fourth-order valence-electron chi connectivity index (χ4n) is 3.08. The molecule has 0 aliphatic rings. The highest BCUT2D eigenvalue weighted by atomic mass is 16.5. The third-order valence-electron chi connectivity index (χ3n) is 4.46. The Balaban J connectivity index is 1.57. The zero-order valence-corrected chi connectivity index (χ0v) is 15.7. The summed E-state index contributed by atoms with van der Waals surface area (Å²) in [7, 11) is 0.154. The van der Waals surface area contributed by atoms with Crippen molar-refractivity contribution < 1.29 is 14.8 Å². The molecule has 0 aliphatic heterocycles. The predicted octanol–water partition coefficient (Wildman–Crippen LogP) is 0.649. The number of hydrogen-bond donors (Lipinski definition) is 3. The van der Waals surface area contributed by atoms with Crippen LogP contribution >= 0.6 is 0 Å². The first-order valence-corrected chi connectivity index (χ1v) is 8.99. The van der Waals surface area contributed by atoms with Gasteiger partial charge in [-0.25, -0.2) is 0 Å². The number of nitrogens with zero attached hydrogens (tertiary/aromatic N) is 5. The summed E-state index contributed by atoms with van der Waals surface area (Å²) in [6.07, 6.45) is 3.29. The van der Waals surface area contributed by atoms with Gasteiger partial charge in [-0.15, -0.1) is 5.10 Å². The number of benzene rings is 2. The maximum Gasteiger partial charge on any atom is 0.488 e. The van der Waals surface area contributed by atoms with E-state index in [1.807, 2.05) is 24.3 Å². The molecule has 0 amide bonds. The fourth-order valence-corrected chi connectivity index (χ4v) is 3.08. The van der Waals surface area contributed by atoms with Crippen molar-refractivity contribution in [3.63, 3.8) is 0 Å². The minimum absolute atomic E-state index is 0.346. The van der Waals surface area contributed by atoms with E-state index in [9.17, 15) is 10.0 Å². The van der Waals surface area contributed by atoms with Crippen LogP contribution in [0.5, 0.6) is 0 Å². The van der Waals surface area contributed by atoms with Crippen LogP contribution in [0.15, 0.2) is 54.9 Å². The summed E-state index contributed by atoms with van der Waals surface area (Å²) in [6.45, 7) is 0.932. The van der Waals surface area contributed by atoms with Gasteiger partial charge in [0.1, 0.15) is 0 Å². The van der Waals surface area contributed by atoms with Gasteiger partial charge < -0.3 is 20.1 Å². The maximum absolute atomic E-state index is 9.30. The zero-order valence-electron chi connectivity index (χ0n) is 15.7. The first-order chi connectivity index (χ1) is 14.2. The van der Waals surface area contributed by atoms with Crippen LogP contribution in [0.3, 0.4) is 0 Å². The van der Waals surface area contributed by atoms with Crippen molar-refractivity contribution in [3.05, 3.63) is 66.0 Å². The van der Waals surface area contributed by atoms with Gasteiger partial charge in [-0.05, 0) is 22.7 Å². The van der Waals surface area contributed by atoms with E-state index in [1.165, 1.54) is 6.20 Å². The lowest BCUT2D eigenvalue weighted by molar-refractivity contribution is 0.186. The Morgan fingerprint density at radius 3 is 2.83 bits per heavy atom. The highest BCUT2D eigenvalue weighted by molar-refractivity contribution is 6.58. The van der Waals surface area contributed by atoms with Crippen LogP contribution in [0.25, 0.3) is 16.9 Å². The van der Waals surface area contributed by atoms with Crippen LogP contribution in [-0.4, -0.2) is 49.2 Å². The highest BCUT2D eigenvalue weighted by Gasteiger charge is 2.12. The molecule has 0 spiro atoms. The van der Waals surface area contributed by atoms with E-state index in [0.29, 0.717) is 30.4 Å². The number of aromatic nitrogens is 5. The van der Waals surface area contributed by atoms with Gasteiger partial charge in [0, 0.05) is 19.0 Å². The smallest absolute Gasteiger partial charge is 0.423 e. The van der Waals surface area contributed by atoms with E-state index in [-0.39, 0.29) is 0 Å². The molecule has 0 unspecified atom stereocenters. The van der Waals surface area contributed by atoms with Crippen molar-refractivity contribution in [1.82, 2.24) is 25.0 Å². The van der Waals surface area contributed by atoms with Crippen molar-refractivity contribution in [2.45, 2.75) is 13.2 Å². The molecule has 29 heavy (non-hydrogen) atoms. The molecule has 2 aromatic carbocycles. The summed E-state index contributed by atoms with van der Waals surface area (Å²) < 4.78 is 6.88. The topological polar surface area (TPSA) is 118 Å². The molecule has 4 rings (SSSR count). The van der Waals surface area contributed by atoms with E-state index in [2.05, 4.69) is 25.6 Å². The zero-order chi connectivity index (χ0) is 20.2. The van der Waals surface area contributed by atoms with E-state index in [4.69, 9.17) is 4.74 Å². The first-order valence-electron chi connectivity index (χ1n) is 8.99. The van der Waals surface area contributed by atoms with E-state index in [1.54, 1.807) is 36.2 Å². The SMILES string of the molecule is COCc1cccc2c1cnn2-c1nncc(NCc2cccc(B(O)O)c2)n1. The lowest BCUT2D eigenvalue weighted by Gasteiger charge is -2.08. The summed E-state index contributed by atoms with van der Waals surface area (Å²) in [4.78, 5) is 4.50. The number of nitrogens with one attached hydrogen (secondary N) is 1. The van der Waals surface area contributed by atoms with Crippen molar-refractivity contribution in [1.29, 1.82) is 0 Å². The number of fused-ring (bicyclic) bond motifs is 1. The monoisotopic (exact) mass is 390 g/mol. The third kappa shape index (κ3) is 4.09. The summed E-state index contributed by atoms with van der Waals surface area (Å²) in [6, 6.07) is 12.9. The lowest BCUT2D eigenvalue weighted by atomic mass is 9.80. The molecule has 9 nitrogen and oxygen atoms in total. The summed E-state index contributed by atoms with van der Waals surface area (Å²) in [5, 5.41) is 35.3. The largest absolute Gasteiger partial charge is 0.488 e. The molecule has 2 heterocycles. The summed E-state index contributed by atoms with van der Waals surface area (Å²) >= 11 is 0. The van der Waals surface area contributed by atoms with Crippen molar-refractivity contribution in [2.75, 3.05) is 12.4 Å². The Kier molecular flexibility index (Phi) is 5.47. The lowest BCUT2D eigenvalue weighted by Crippen LogP contribution is -2.30. The molecular weight excluding hydrogens is 371 g/mol. The van der Waals surface area contributed by atoms with Gasteiger partial charge in [-0.1, -0.05) is 36.4 Å². The van der Waals surface area contributed by atoms with Gasteiger partial charge in [0.15, 0.2) is 5.82 Å². The van der Waals surface area contributed by atoms with Crippen molar-refractivity contribution in [2.24, 2.45) is 0 Å². The Morgan fingerprint density at radius 1 is 1.14 bits per heavy atom. The Labute approximate surface area is 167 Å². The maximum atomic E-state index is 9.30. The van der Waals surface area contributed by atoms with Gasteiger partial charge >= 0.3 is 7.12 Å². The molecular formula is C19H19BN6O3. The van der Waals surface area contributed by atoms with Crippen molar-refractivity contribution in [3.8, 4) is 5.95 Å². The van der Waals surface area contributed by atoms with Gasteiger partial charge in [0.2, 0.25) is 0 Å². The quantitative estimate of drug-likeness (QED) is 0.394. The molecule has 0 bridgehead atoms. The molecule has 0 fully saturated rings. The second-order valence-corrected chi connectivity index (χ2v) is 6.45. The molecule has 0 aliphatic carbocycles. The average Bonchev–Trinajstić information content (AvgIpc) is 3.18. The Morgan fingerprint density at radius 2 is 2.00 bits per heavy atom. The first kappa shape index (κ1) is 19.0. The molecule has 146 valence electrons. The van der Waals surface area contributed by atoms with E-state index < -0.39 is 7.12 Å². The van der Waals surface area contributed by atoms with Crippen LogP contribution in [-0.2, 0) is 17.9 Å². The number of rotatable bonds is 7. The van der Waals surface area contributed by atoms with Gasteiger partial charge in [0.25, 0.3) is 5.95 Å². The minimum Gasteiger partial charge on any atom is -0.423 e. The highest BCUT2D eigenvalue weighted by Crippen LogP contribution is 2.21. The van der Waals surface area contributed by atoms with Crippen LogP contribution < -0.4 is 10.8 Å².